The minimum absolute atomic E-state index is 0.177. The first-order valence-corrected chi connectivity index (χ1v) is 12.4. The van der Waals surface area contributed by atoms with E-state index in [1.54, 1.807) is 35.2 Å². The van der Waals surface area contributed by atoms with Crippen LogP contribution in [0.2, 0.25) is 15.1 Å². The van der Waals surface area contributed by atoms with Crippen molar-refractivity contribution in [3.8, 4) is 11.5 Å². The lowest BCUT2D eigenvalue weighted by molar-refractivity contribution is -0.0457. The summed E-state index contributed by atoms with van der Waals surface area (Å²) in [6.07, 6.45) is 0.0568. The van der Waals surface area contributed by atoms with Crippen LogP contribution >= 0.6 is 44.0 Å². The number of benzene rings is 3. The van der Waals surface area contributed by atoms with Crippen molar-refractivity contribution >= 4 is 55.3 Å². The molecule has 0 bridgehead atoms. The number of aryl methyl sites for hydroxylation is 1. The molecule has 2 aliphatic rings. The molecule has 1 fully saturated rings. The van der Waals surface area contributed by atoms with Gasteiger partial charge in [-0.05, 0) is 66.7 Å². The van der Waals surface area contributed by atoms with Crippen molar-refractivity contribution in [2.45, 2.75) is 25.2 Å². The number of aliphatic hydroxyl groups excluding tert-OH is 1. The van der Waals surface area contributed by atoms with E-state index in [2.05, 4.69) is 9.24 Å². The van der Waals surface area contributed by atoms with Crippen molar-refractivity contribution in [3.05, 3.63) is 85.9 Å². The number of β-amino-alcohol motifs (C(OH)–C–C–N with tert-alkyl or cyclic N) is 1. The summed E-state index contributed by atoms with van der Waals surface area (Å²) in [4.78, 5) is 14.8. The molecule has 0 radical (unpaired) electrons. The minimum Gasteiger partial charge on any atom is -0.440 e. The van der Waals surface area contributed by atoms with Crippen LogP contribution in [0.5, 0.6) is 11.5 Å². The Labute approximate surface area is 214 Å². The highest BCUT2D eigenvalue weighted by Gasteiger charge is 2.48. The summed E-state index contributed by atoms with van der Waals surface area (Å²) in [5, 5.41) is 11.8. The lowest BCUT2D eigenvalue weighted by Crippen LogP contribution is -2.37. The normalized spacial score (nSPS) is 21.2. The van der Waals surface area contributed by atoms with E-state index < -0.39 is 11.9 Å². The Morgan fingerprint density at radius 3 is 2.29 bits per heavy atom. The van der Waals surface area contributed by atoms with Gasteiger partial charge in [0.2, 0.25) is 0 Å². The average molecular weight is 537 g/mol. The van der Waals surface area contributed by atoms with Gasteiger partial charge in [0.1, 0.15) is 0 Å². The molecule has 3 atom stereocenters. The fraction of sp³-hybridized carbons (Fsp3) is 0.240. The number of nitrogens with zero attached hydrogens (tertiary/aromatic N) is 1. The van der Waals surface area contributed by atoms with Crippen molar-refractivity contribution in [2.75, 3.05) is 13.1 Å². The maximum absolute atomic E-state index is 13.1. The third-order valence-corrected chi connectivity index (χ3v) is 7.41. The molecule has 3 aromatic carbocycles. The SMILES string of the molecule is Cc1ccc(C2(c3ccc(Cl)cc3Cl)Oc3cc(P)c(C(=O)N4CCC(O)C4)cc3O2)c(Cl)c1. The second-order valence-electron chi connectivity index (χ2n) is 8.51. The van der Waals surface area contributed by atoms with Gasteiger partial charge in [-0.1, -0.05) is 40.9 Å². The van der Waals surface area contributed by atoms with E-state index in [1.807, 2.05) is 25.1 Å². The lowest BCUT2D eigenvalue weighted by Gasteiger charge is -2.30. The van der Waals surface area contributed by atoms with Gasteiger partial charge >= 0.3 is 5.79 Å². The number of amides is 1. The molecule has 176 valence electrons. The van der Waals surface area contributed by atoms with Crippen LogP contribution in [0.25, 0.3) is 0 Å². The zero-order valence-electron chi connectivity index (χ0n) is 18.1. The molecule has 5 rings (SSSR count). The van der Waals surface area contributed by atoms with E-state index in [4.69, 9.17) is 44.3 Å². The van der Waals surface area contributed by atoms with Gasteiger partial charge in [-0.2, -0.15) is 0 Å². The lowest BCUT2D eigenvalue weighted by atomic mass is 9.96. The van der Waals surface area contributed by atoms with Gasteiger partial charge in [0.15, 0.2) is 11.5 Å². The smallest absolute Gasteiger partial charge is 0.308 e. The summed E-state index contributed by atoms with van der Waals surface area (Å²) in [6.45, 7) is 2.75. The fourth-order valence-corrected chi connectivity index (χ4v) is 5.61. The van der Waals surface area contributed by atoms with Crippen LogP contribution in [0.3, 0.4) is 0 Å². The summed E-state index contributed by atoms with van der Waals surface area (Å²) in [6, 6.07) is 14.1. The quantitative estimate of drug-likeness (QED) is 0.460. The summed E-state index contributed by atoms with van der Waals surface area (Å²) < 4.78 is 12.9. The number of rotatable bonds is 3. The molecular formula is C25H21Cl3NO4P. The first-order valence-electron chi connectivity index (χ1n) is 10.7. The molecule has 0 spiro atoms. The highest BCUT2D eigenvalue weighted by molar-refractivity contribution is 7.27. The number of hydrogen-bond acceptors (Lipinski definition) is 4. The first-order chi connectivity index (χ1) is 16.2. The number of likely N-dealkylation sites (tertiary alicyclic amines) is 1. The molecular weight excluding hydrogens is 516 g/mol. The molecule has 5 nitrogen and oxygen atoms in total. The summed E-state index contributed by atoms with van der Waals surface area (Å²) in [7, 11) is 2.58. The molecule has 3 aromatic rings. The second kappa shape index (κ2) is 8.89. The number of carbonyl (C=O) groups excluding carboxylic acids is 1. The first kappa shape index (κ1) is 23.7. The predicted molar refractivity (Wildman–Crippen MR) is 137 cm³/mol. The zero-order valence-corrected chi connectivity index (χ0v) is 21.6. The minimum atomic E-state index is -1.47. The van der Waals surface area contributed by atoms with Gasteiger partial charge in [0.05, 0.1) is 32.8 Å². The number of carbonyl (C=O) groups is 1. The number of hydrogen-bond donors (Lipinski definition) is 1. The van der Waals surface area contributed by atoms with Crippen molar-refractivity contribution in [1.29, 1.82) is 0 Å². The van der Waals surface area contributed by atoms with E-state index in [-0.39, 0.29) is 5.91 Å². The molecule has 1 N–H and O–H groups in total. The maximum atomic E-state index is 13.1. The summed E-state index contributed by atoms with van der Waals surface area (Å²) in [5.74, 6) is -0.816. The standard InChI is InChI=1S/C25H21Cl3NO4P/c1-13-2-4-17(19(27)8-13)25(18-5-3-14(26)9-20(18)28)32-21-10-16(23(34)11-22(21)33-25)24(31)29-7-6-15(30)12-29/h2-5,8-11,15,30H,6-7,12,34H2,1H3. The zero-order chi connectivity index (χ0) is 24.2. The van der Waals surface area contributed by atoms with Crippen LogP contribution in [-0.2, 0) is 5.79 Å². The van der Waals surface area contributed by atoms with Crippen LogP contribution in [0.4, 0.5) is 0 Å². The molecule has 2 heterocycles. The van der Waals surface area contributed by atoms with Crippen molar-refractivity contribution in [1.82, 2.24) is 4.90 Å². The van der Waals surface area contributed by atoms with Gasteiger partial charge < -0.3 is 19.5 Å². The number of fused-ring (bicyclic) bond motifs is 1. The fourth-order valence-electron chi connectivity index (χ4n) is 4.36. The molecule has 3 unspecified atom stereocenters. The molecule has 34 heavy (non-hydrogen) atoms. The van der Waals surface area contributed by atoms with Crippen molar-refractivity contribution in [3.63, 3.8) is 0 Å². The van der Waals surface area contributed by atoms with Gasteiger partial charge in [0, 0.05) is 18.1 Å². The van der Waals surface area contributed by atoms with Gasteiger partial charge in [-0.15, -0.1) is 9.24 Å². The Morgan fingerprint density at radius 1 is 1.03 bits per heavy atom. The number of aliphatic hydroxyl groups is 1. The largest absolute Gasteiger partial charge is 0.440 e. The summed E-state index contributed by atoms with van der Waals surface area (Å²) in [5.41, 5.74) is 2.53. The maximum Gasteiger partial charge on any atom is 0.308 e. The Bertz CT molecular complexity index is 1260. The third kappa shape index (κ3) is 4.04. The Hall–Kier alpha value is -2.01. The Morgan fingerprint density at radius 2 is 1.68 bits per heavy atom. The molecule has 9 heteroatoms. The van der Waals surface area contributed by atoms with Gasteiger partial charge in [-0.3, -0.25) is 4.79 Å². The molecule has 2 aliphatic heterocycles. The average Bonchev–Trinajstić information content (AvgIpc) is 3.36. The van der Waals surface area contributed by atoms with Gasteiger partial charge in [-0.25, -0.2) is 0 Å². The Kier molecular flexibility index (Phi) is 6.20. The molecule has 0 aliphatic carbocycles. The molecule has 1 saturated heterocycles. The van der Waals surface area contributed by atoms with Crippen LogP contribution in [0.15, 0.2) is 48.5 Å². The van der Waals surface area contributed by atoms with Gasteiger partial charge in [0.25, 0.3) is 5.91 Å². The van der Waals surface area contributed by atoms with Crippen molar-refractivity contribution < 1.29 is 19.4 Å². The third-order valence-electron chi connectivity index (χ3n) is 6.07. The molecule has 0 saturated carbocycles. The summed E-state index contributed by atoms with van der Waals surface area (Å²) >= 11 is 19.4. The highest BCUT2D eigenvalue weighted by Crippen LogP contribution is 2.51. The van der Waals surface area contributed by atoms with E-state index in [0.29, 0.717) is 68.1 Å². The highest BCUT2D eigenvalue weighted by atomic mass is 35.5. The number of ether oxygens (including phenoxy) is 2. The monoisotopic (exact) mass is 535 g/mol. The van der Waals surface area contributed by atoms with E-state index in [9.17, 15) is 9.90 Å². The van der Waals surface area contributed by atoms with E-state index in [0.717, 1.165) is 5.56 Å². The van der Waals surface area contributed by atoms with E-state index >= 15 is 0 Å². The van der Waals surface area contributed by atoms with Crippen molar-refractivity contribution in [2.24, 2.45) is 0 Å². The number of halogens is 3. The van der Waals surface area contributed by atoms with Crippen LogP contribution in [0.1, 0.15) is 33.5 Å². The molecule has 1 amide bonds. The topological polar surface area (TPSA) is 59.0 Å². The predicted octanol–water partition coefficient (Wildman–Crippen LogP) is 5.33. The van der Waals surface area contributed by atoms with Crippen LogP contribution in [0, 0.1) is 6.92 Å². The van der Waals surface area contributed by atoms with Crippen LogP contribution in [-0.4, -0.2) is 35.1 Å². The second-order valence-corrected chi connectivity index (χ2v) is 10.4. The van der Waals surface area contributed by atoms with Crippen LogP contribution < -0.4 is 14.8 Å². The van der Waals surface area contributed by atoms with E-state index in [1.165, 1.54) is 0 Å². The molecule has 0 aromatic heterocycles. The Balaban J connectivity index is 1.63.